The molecule has 1 saturated heterocycles. The van der Waals surface area contributed by atoms with Crippen molar-refractivity contribution in [2.24, 2.45) is 0 Å². The van der Waals surface area contributed by atoms with Crippen molar-refractivity contribution in [1.29, 1.82) is 0 Å². The van der Waals surface area contributed by atoms with E-state index in [1.807, 2.05) is 31.2 Å². The SMILES string of the molecule is Cc1ccc(C2CNC(C)C(NC(=O)C(F)(F)F)C2)cc1. The van der Waals surface area contributed by atoms with Crippen LogP contribution in [0.1, 0.15) is 30.4 Å². The minimum absolute atomic E-state index is 0.0975. The van der Waals surface area contributed by atoms with Crippen molar-refractivity contribution >= 4 is 5.91 Å². The third-order valence-corrected chi connectivity index (χ3v) is 3.95. The molecule has 3 nitrogen and oxygen atoms in total. The summed E-state index contributed by atoms with van der Waals surface area (Å²) < 4.78 is 37.1. The van der Waals surface area contributed by atoms with Crippen molar-refractivity contribution in [2.45, 2.75) is 44.4 Å². The second kappa shape index (κ2) is 6.05. The molecule has 1 fully saturated rings. The second-order valence-corrected chi connectivity index (χ2v) is 5.62. The van der Waals surface area contributed by atoms with Gasteiger partial charge in [0.15, 0.2) is 0 Å². The van der Waals surface area contributed by atoms with Gasteiger partial charge in [0.1, 0.15) is 0 Å². The fourth-order valence-electron chi connectivity index (χ4n) is 2.59. The first-order valence-corrected chi connectivity index (χ1v) is 6.95. The molecule has 1 aromatic rings. The number of benzene rings is 1. The average molecular weight is 300 g/mol. The highest BCUT2D eigenvalue weighted by Crippen LogP contribution is 2.26. The third kappa shape index (κ3) is 3.97. The van der Waals surface area contributed by atoms with Crippen LogP contribution in [-0.4, -0.2) is 30.7 Å². The predicted octanol–water partition coefficient (Wildman–Crippen LogP) is 2.51. The van der Waals surface area contributed by atoms with Gasteiger partial charge in [0.2, 0.25) is 0 Å². The number of hydrogen-bond acceptors (Lipinski definition) is 2. The molecule has 1 aliphatic heterocycles. The van der Waals surface area contributed by atoms with Crippen LogP contribution in [0.25, 0.3) is 0 Å². The van der Waals surface area contributed by atoms with Crippen LogP contribution in [0.15, 0.2) is 24.3 Å². The van der Waals surface area contributed by atoms with E-state index in [2.05, 4.69) is 10.6 Å². The molecule has 3 atom stereocenters. The number of nitrogens with one attached hydrogen (secondary N) is 2. The van der Waals surface area contributed by atoms with Crippen molar-refractivity contribution in [3.63, 3.8) is 0 Å². The first-order chi connectivity index (χ1) is 9.77. The first-order valence-electron chi connectivity index (χ1n) is 6.95. The number of aryl methyl sites for hydroxylation is 1. The summed E-state index contributed by atoms with van der Waals surface area (Å²) in [7, 11) is 0. The number of carbonyl (C=O) groups is 1. The van der Waals surface area contributed by atoms with Gasteiger partial charge in [-0.3, -0.25) is 4.79 Å². The Balaban J connectivity index is 2.05. The number of hydrogen-bond donors (Lipinski definition) is 2. The number of rotatable bonds is 2. The summed E-state index contributed by atoms with van der Waals surface area (Å²) in [5, 5.41) is 5.26. The van der Waals surface area contributed by atoms with Crippen LogP contribution in [0.5, 0.6) is 0 Å². The first kappa shape index (κ1) is 15.8. The summed E-state index contributed by atoms with van der Waals surface area (Å²) in [4.78, 5) is 11.1. The van der Waals surface area contributed by atoms with Crippen molar-refractivity contribution < 1.29 is 18.0 Å². The molecule has 6 heteroatoms. The molecule has 0 bridgehead atoms. The van der Waals surface area contributed by atoms with E-state index in [4.69, 9.17) is 0 Å². The normalized spacial score (nSPS) is 26.4. The second-order valence-electron chi connectivity index (χ2n) is 5.62. The van der Waals surface area contributed by atoms with Gasteiger partial charge >= 0.3 is 12.1 Å². The van der Waals surface area contributed by atoms with Gasteiger partial charge in [0, 0.05) is 18.6 Å². The molecule has 2 rings (SSSR count). The molecule has 1 aromatic carbocycles. The minimum atomic E-state index is -4.84. The van der Waals surface area contributed by atoms with Gasteiger partial charge in [-0.2, -0.15) is 13.2 Å². The molecule has 0 aromatic heterocycles. The Morgan fingerprint density at radius 3 is 2.48 bits per heavy atom. The summed E-state index contributed by atoms with van der Waals surface area (Å²) in [6, 6.07) is 7.23. The predicted molar refractivity (Wildman–Crippen MR) is 74.0 cm³/mol. The highest BCUT2D eigenvalue weighted by molar-refractivity contribution is 5.82. The minimum Gasteiger partial charge on any atom is -0.344 e. The smallest absolute Gasteiger partial charge is 0.344 e. The highest BCUT2D eigenvalue weighted by Gasteiger charge is 2.41. The average Bonchev–Trinajstić information content (AvgIpc) is 2.41. The molecule has 1 amide bonds. The number of halogens is 3. The van der Waals surface area contributed by atoms with Crippen LogP contribution in [0.4, 0.5) is 13.2 Å². The van der Waals surface area contributed by atoms with Crippen LogP contribution < -0.4 is 10.6 Å². The summed E-state index contributed by atoms with van der Waals surface area (Å²) in [5.74, 6) is -1.77. The van der Waals surface area contributed by atoms with Crippen LogP contribution in [0.2, 0.25) is 0 Å². The molecule has 21 heavy (non-hydrogen) atoms. The van der Waals surface area contributed by atoms with E-state index < -0.39 is 18.1 Å². The quantitative estimate of drug-likeness (QED) is 0.881. The monoisotopic (exact) mass is 300 g/mol. The van der Waals surface area contributed by atoms with E-state index >= 15 is 0 Å². The van der Waals surface area contributed by atoms with E-state index in [1.54, 1.807) is 6.92 Å². The Kier molecular flexibility index (Phi) is 4.56. The standard InChI is InChI=1S/C15H19F3N2O/c1-9-3-5-11(6-4-9)12-7-13(10(2)19-8-12)20-14(21)15(16,17)18/h3-6,10,12-13,19H,7-8H2,1-2H3,(H,20,21). The number of piperidine rings is 1. The largest absolute Gasteiger partial charge is 0.471 e. The lowest BCUT2D eigenvalue weighted by Gasteiger charge is -2.36. The van der Waals surface area contributed by atoms with Crippen LogP contribution in [-0.2, 0) is 4.79 Å². The molecule has 1 aliphatic rings. The number of alkyl halides is 3. The maximum Gasteiger partial charge on any atom is 0.471 e. The lowest BCUT2D eigenvalue weighted by Crippen LogP contribution is -2.56. The number of carbonyl (C=O) groups excluding carboxylic acids is 1. The summed E-state index contributed by atoms with van der Waals surface area (Å²) in [5.41, 5.74) is 2.21. The van der Waals surface area contributed by atoms with Gasteiger partial charge in [-0.15, -0.1) is 0 Å². The van der Waals surface area contributed by atoms with Gasteiger partial charge < -0.3 is 10.6 Å². The van der Waals surface area contributed by atoms with Crippen molar-refractivity contribution in [3.05, 3.63) is 35.4 Å². The summed E-state index contributed by atoms with van der Waals surface area (Å²) >= 11 is 0. The van der Waals surface area contributed by atoms with Gasteiger partial charge in [-0.25, -0.2) is 0 Å². The molecule has 0 radical (unpaired) electrons. The lowest BCUT2D eigenvalue weighted by molar-refractivity contribution is -0.174. The molecule has 3 unspecified atom stereocenters. The zero-order valence-corrected chi connectivity index (χ0v) is 12.0. The maximum absolute atomic E-state index is 12.4. The zero-order chi connectivity index (χ0) is 15.6. The summed E-state index contributed by atoms with van der Waals surface area (Å²) in [6.45, 7) is 4.46. The zero-order valence-electron chi connectivity index (χ0n) is 12.0. The molecule has 0 spiro atoms. The fourth-order valence-corrected chi connectivity index (χ4v) is 2.59. The van der Waals surface area contributed by atoms with Crippen LogP contribution in [0.3, 0.4) is 0 Å². The van der Waals surface area contributed by atoms with Crippen LogP contribution >= 0.6 is 0 Å². The molecule has 1 heterocycles. The molecule has 116 valence electrons. The van der Waals surface area contributed by atoms with Gasteiger partial charge in [-0.05, 0) is 31.7 Å². The van der Waals surface area contributed by atoms with Crippen LogP contribution in [0, 0.1) is 6.92 Å². The summed E-state index contributed by atoms with van der Waals surface area (Å²) in [6.07, 6.45) is -4.34. The number of amides is 1. The van der Waals surface area contributed by atoms with Gasteiger partial charge in [0.25, 0.3) is 0 Å². The maximum atomic E-state index is 12.4. The Morgan fingerprint density at radius 1 is 1.29 bits per heavy atom. The fraction of sp³-hybridized carbons (Fsp3) is 0.533. The van der Waals surface area contributed by atoms with E-state index in [-0.39, 0.29) is 12.0 Å². The Labute approximate surface area is 121 Å². The van der Waals surface area contributed by atoms with Crippen molar-refractivity contribution in [1.82, 2.24) is 10.6 Å². The third-order valence-electron chi connectivity index (χ3n) is 3.95. The van der Waals surface area contributed by atoms with E-state index in [9.17, 15) is 18.0 Å². The Hall–Kier alpha value is -1.56. The molecular weight excluding hydrogens is 281 g/mol. The lowest BCUT2D eigenvalue weighted by atomic mass is 9.85. The highest BCUT2D eigenvalue weighted by atomic mass is 19.4. The molecule has 2 N–H and O–H groups in total. The van der Waals surface area contributed by atoms with Gasteiger partial charge in [0.05, 0.1) is 0 Å². The molecular formula is C15H19F3N2O. The van der Waals surface area contributed by atoms with Crippen molar-refractivity contribution in [3.8, 4) is 0 Å². The Morgan fingerprint density at radius 2 is 1.90 bits per heavy atom. The van der Waals surface area contributed by atoms with Gasteiger partial charge in [-0.1, -0.05) is 29.8 Å². The van der Waals surface area contributed by atoms with E-state index in [0.29, 0.717) is 13.0 Å². The Bertz CT molecular complexity index is 499. The topological polar surface area (TPSA) is 41.1 Å². The van der Waals surface area contributed by atoms with Crippen molar-refractivity contribution in [2.75, 3.05) is 6.54 Å². The molecule has 0 saturated carbocycles. The van der Waals surface area contributed by atoms with E-state index in [0.717, 1.165) is 11.1 Å². The van der Waals surface area contributed by atoms with E-state index in [1.165, 1.54) is 0 Å². The molecule has 0 aliphatic carbocycles.